The normalized spacial score (nSPS) is 16.4. The first-order valence-electron chi connectivity index (χ1n) is 8.83. The van der Waals surface area contributed by atoms with E-state index in [1.54, 1.807) is 12.1 Å². The lowest BCUT2D eigenvalue weighted by atomic mass is 9.88. The molecule has 1 atom stereocenters. The number of thiophene rings is 1. The predicted octanol–water partition coefficient (Wildman–Crippen LogP) is 4.20. The van der Waals surface area contributed by atoms with Crippen molar-refractivity contribution < 1.29 is 14.0 Å². The van der Waals surface area contributed by atoms with Crippen LogP contribution in [0.4, 0.5) is 5.00 Å². The molecule has 1 aliphatic carbocycles. The molecular weight excluding hydrogens is 336 g/mol. The van der Waals surface area contributed by atoms with Gasteiger partial charge in [0.1, 0.15) is 5.00 Å². The number of nitrogens with zero attached hydrogens (tertiary/aromatic N) is 1. The number of nitrogens with one attached hydrogen (secondary N) is 1. The Morgan fingerprint density at radius 3 is 2.76 bits per heavy atom. The Balaban J connectivity index is 1.98. The van der Waals surface area contributed by atoms with E-state index in [4.69, 9.17) is 4.42 Å². The van der Waals surface area contributed by atoms with E-state index in [0.717, 1.165) is 24.8 Å². The van der Waals surface area contributed by atoms with E-state index in [-0.39, 0.29) is 17.6 Å². The predicted molar refractivity (Wildman–Crippen MR) is 99.4 cm³/mol. The van der Waals surface area contributed by atoms with Gasteiger partial charge in [-0.3, -0.25) is 9.59 Å². The summed E-state index contributed by atoms with van der Waals surface area (Å²) in [6.45, 7) is 7.49. The van der Waals surface area contributed by atoms with Gasteiger partial charge in [0, 0.05) is 18.0 Å². The van der Waals surface area contributed by atoms with Crippen LogP contribution in [0.25, 0.3) is 0 Å². The zero-order valence-corrected chi connectivity index (χ0v) is 15.7. The third-order valence-electron chi connectivity index (χ3n) is 4.75. The monoisotopic (exact) mass is 360 g/mol. The maximum absolute atomic E-state index is 13.1. The second kappa shape index (κ2) is 7.44. The first kappa shape index (κ1) is 17.7. The number of furan rings is 1. The number of hydrogen-bond acceptors (Lipinski definition) is 4. The molecule has 0 fully saturated rings. The molecule has 1 aliphatic rings. The number of rotatable bonds is 5. The van der Waals surface area contributed by atoms with Crippen LogP contribution in [0.3, 0.4) is 0 Å². The Hall–Kier alpha value is -2.08. The van der Waals surface area contributed by atoms with Crippen LogP contribution in [0.1, 0.15) is 58.5 Å². The van der Waals surface area contributed by atoms with Crippen LogP contribution in [-0.4, -0.2) is 29.8 Å². The number of carbonyl (C=O) groups is 2. The van der Waals surface area contributed by atoms with Gasteiger partial charge in [-0.2, -0.15) is 0 Å². The van der Waals surface area contributed by atoms with E-state index >= 15 is 0 Å². The van der Waals surface area contributed by atoms with E-state index in [1.807, 2.05) is 18.7 Å². The molecule has 1 unspecified atom stereocenters. The van der Waals surface area contributed by atoms with Crippen LogP contribution in [-0.2, 0) is 12.8 Å². The van der Waals surface area contributed by atoms with Gasteiger partial charge >= 0.3 is 0 Å². The third kappa shape index (κ3) is 3.49. The molecule has 0 saturated carbocycles. The summed E-state index contributed by atoms with van der Waals surface area (Å²) < 4.78 is 5.17. The summed E-state index contributed by atoms with van der Waals surface area (Å²) in [6, 6.07) is 3.30. The number of anilines is 1. The van der Waals surface area contributed by atoms with Crippen LogP contribution in [0.15, 0.2) is 22.8 Å². The molecule has 2 amide bonds. The molecule has 0 saturated heterocycles. The molecule has 0 bridgehead atoms. The number of amides is 2. The van der Waals surface area contributed by atoms with Crippen molar-refractivity contribution in [1.29, 1.82) is 0 Å². The topological polar surface area (TPSA) is 62.6 Å². The van der Waals surface area contributed by atoms with Crippen LogP contribution < -0.4 is 5.32 Å². The minimum Gasteiger partial charge on any atom is -0.459 e. The van der Waals surface area contributed by atoms with Crippen molar-refractivity contribution in [1.82, 2.24) is 4.90 Å². The van der Waals surface area contributed by atoms with Gasteiger partial charge in [-0.15, -0.1) is 11.3 Å². The minimum absolute atomic E-state index is 0.00629. The highest BCUT2D eigenvalue weighted by atomic mass is 32.1. The average molecular weight is 360 g/mol. The van der Waals surface area contributed by atoms with E-state index in [0.29, 0.717) is 29.6 Å². The van der Waals surface area contributed by atoms with Crippen molar-refractivity contribution in [2.45, 2.75) is 40.0 Å². The Morgan fingerprint density at radius 1 is 1.36 bits per heavy atom. The molecule has 3 rings (SSSR count). The van der Waals surface area contributed by atoms with Gasteiger partial charge < -0.3 is 14.6 Å². The van der Waals surface area contributed by atoms with Gasteiger partial charge in [0.25, 0.3) is 11.8 Å². The highest BCUT2D eigenvalue weighted by molar-refractivity contribution is 7.17. The van der Waals surface area contributed by atoms with E-state index in [2.05, 4.69) is 12.2 Å². The fourth-order valence-electron chi connectivity index (χ4n) is 3.31. The zero-order valence-electron chi connectivity index (χ0n) is 14.9. The van der Waals surface area contributed by atoms with Crippen molar-refractivity contribution >= 4 is 28.2 Å². The zero-order chi connectivity index (χ0) is 18.0. The van der Waals surface area contributed by atoms with Crippen molar-refractivity contribution in [3.05, 3.63) is 40.2 Å². The van der Waals surface area contributed by atoms with Crippen LogP contribution in [0.5, 0.6) is 0 Å². The summed E-state index contributed by atoms with van der Waals surface area (Å²) in [5.74, 6) is 0.550. The molecule has 0 spiro atoms. The van der Waals surface area contributed by atoms with Gasteiger partial charge in [0.05, 0.1) is 11.8 Å². The summed E-state index contributed by atoms with van der Waals surface area (Å²) in [4.78, 5) is 28.5. The smallest absolute Gasteiger partial charge is 0.291 e. The molecule has 5 nitrogen and oxygen atoms in total. The highest BCUT2D eigenvalue weighted by Crippen LogP contribution is 2.40. The summed E-state index contributed by atoms with van der Waals surface area (Å²) >= 11 is 1.54. The lowest BCUT2D eigenvalue weighted by Crippen LogP contribution is -2.32. The largest absolute Gasteiger partial charge is 0.459 e. The highest BCUT2D eigenvalue weighted by Gasteiger charge is 2.30. The summed E-state index contributed by atoms with van der Waals surface area (Å²) in [6.07, 6.45) is 4.41. The van der Waals surface area contributed by atoms with Crippen molar-refractivity contribution in [3.8, 4) is 0 Å². The molecule has 1 N–H and O–H groups in total. The molecule has 2 heterocycles. The molecule has 0 aromatic carbocycles. The summed E-state index contributed by atoms with van der Waals surface area (Å²) in [7, 11) is 0. The van der Waals surface area contributed by atoms with Gasteiger partial charge in [-0.25, -0.2) is 0 Å². The maximum Gasteiger partial charge on any atom is 0.291 e. The van der Waals surface area contributed by atoms with Crippen molar-refractivity contribution in [2.24, 2.45) is 5.92 Å². The van der Waals surface area contributed by atoms with Gasteiger partial charge in [-0.05, 0) is 56.7 Å². The van der Waals surface area contributed by atoms with Gasteiger partial charge in [-0.1, -0.05) is 6.92 Å². The fraction of sp³-hybridized carbons (Fsp3) is 0.474. The average Bonchev–Trinajstić information content (AvgIpc) is 3.22. The lowest BCUT2D eigenvalue weighted by molar-refractivity contribution is 0.0773. The molecule has 134 valence electrons. The standard InChI is InChI=1S/C19H24N2O3S/c1-4-21(5-2)19(23)16-13-9-8-12(3)11-15(13)25-18(16)20-17(22)14-7-6-10-24-14/h6-7,10,12H,4-5,8-9,11H2,1-3H3,(H,20,22). The molecule has 6 heteroatoms. The number of carbonyl (C=O) groups excluding carboxylic acids is 2. The second-order valence-corrected chi connectivity index (χ2v) is 7.57. The maximum atomic E-state index is 13.1. The Morgan fingerprint density at radius 2 is 2.12 bits per heavy atom. The first-order valence-corrected chi connectivity index (χ1v) is 9.65. The second-order valence-electron chi connectivity index (χ2n) is 6.46. The van der Waals surface area contributed by atoms with Gasteiger partial charge in [0.2, 0.25) is 0 Å². The van der Waals surface area contributed by atoms with E-state index in [1.165, 1.54) is 22.5 Å². The third-order valence-corrected chi connectivity index (χ3v) is 5.92. The first-order chi connectivity index (χ1) is 12.0. The molecule has 25 heavy (non-hydrogen) atoms. The molecule has 0 radical (unpaired) electrons. The Kier molecular flexibility index (Phi) is 5.27. The Labute approximate surface area is 152 Å². The number of hydrogen-bond donors (Lipinski definition) is 1. The molecule has 2 aromatic rings. The van der Waals surface area contributed by atoms with Crippen LogP contribution in [0.2, 0.25) is 0 Å². The summed E-state index contributed by atoms with van der Waals surface area (Å²) in [5.41, 5.74) is 1.80. The van der Waals surface area contributed by atoms with E-state index < -0.39 is 0 Å². The Bertz CT molecular complexity index is 760. The quantitative estimate of drug-likeness (QED) is 0.869. The summed E-state index contributed by atoms with van der Waals surface area (Å²) in [5, 5.41) is 3.56. The molecular formula is C19H24N2O3S. The van der Waals surface area contributed by atoms with Gasteiger partial charge in [0.15, 0.2) is 5.76 Å². The fourth-order valence-corrected chi connectivity index (χ4v) is 4.70. The SMILES string of the molecule is CCN(CC)C(=O)c1c(NC(=O)c2ccco2)sc2c1CCC(C)C2. The molecule has 2 aromatic heterocycles. The van der Waals surface area contributed by atoms with Crippen molar-refractivity contribution in [3.63, 3.8) is 0 Å². The number of fused-ring (bicyclic) bond motifs is 1. The minimum atomic E-state index is -0.315. The van der Waals surface area contributed by atoms with E-state index in [9.17, 15) is 9.59 Å². The van der Waals surface area contributed by atoms with Crippen LogP contribution in [0, 0.1) is 5.92 Å². The van der Waals surface area contributed by atoms with Crippen molar-refractivity contribution in [2.75, 3.05) is 18.4 Å². The van der Waals surface area contributed by atoms with Crippen LogP contribution >= 0.6 is 11.3 Å². The molecule has 0 aliphatic heterocycles. The lowest BCUT2D eigenvalue weighted by Gasteiger charge is -2.22.